The number of phenols is 1. The second kappa shape index (κ2) is 9.11. The highest BCUT2D eigenvalue weighted by Gasteiger charge is 1.74. The summed E-state index contributed by atoms with van der Waals surface area (Å²) in [6.07, 6.45) is 0. The first-order valence-electron chi connectivity index (χ1n) is 2.59. The molecule has 0 aromatic heterocycles. The number of benzene rings is 1. The summed E-state index contributed by atoms with van der Waals surface area (Å²) in [7, 11) is 0. The van der Waals surface area contributed by atoms with Crippen LogP contribution in [0.25, 0.3) is 0 Å². The van der Waals surface area contributed by atoms with Crippen LogP contribution in [0.4, 0.5) is 0 Å². The zero-order valence-corrected chi connectivity index (χ0v) is 7.28. The number of hydrogen-bond donors (Lipinski definition) is 2. The molecule has 0 radical (unpaired) electrons. The van der Waals surface area contributed by atoms with E-state index < -0.39 is 0 Å². The molecule has 0 aliphatic carbocycles. The van der Waals surface area contributed by atoms with Gasteiger partial charge in [0.05, 0.1) is 5.16 Å². The minimum atomic E-state index is 0. The van der Waals surface area contributed by atoms with Gasteiger partial charge in [0.2, 0.25) is 0 Å². The van der Waals surface area contributed by atoms with E-state index >= 15 is 0 Å². The van der Waals surface area contributed by atoms with Crippen molar-refractivity contribution >= 4 is 29.8 Å². The van der Waals surface area contributed by atoms with Crippen molar-refractivity contribution in [2.75, 3.05) is 0 Å². The van der Waals surface area contributed by atoms with Gasteiger partial charge in [0.15, 0.2) is 0 Å². The SMILES string of the molecule is Cl.N=C=S.Oc1ccccc1. The predicted octanol–water partition coefficient (Wildman–Crippen LogP) is 2.48. The first-order valence-corrected chi connectivity index (χ1v) is 3.00. The summed E-state index contributed by atoms with van der Waals surface area (Å²) in [4.78, 5) is 0. The van der Waals surface area contributed by atoms with Gasteiger partial charge in [0.1, 0.15) is 5.75 Å². The molecule has 2 nitrogen and oxygen atoms in total. The van der Waals surface area contributed by atoms with Gasteiger partial charge in [-0.3, -0.25) is 0 Å². The van der Waals surface area contributed by atoms with Gasteiger partial charge >= 0.3 is 0 Å². The van der Waals surface area contributed by atoms with Crippen molar-refractivity contribution in [3.05, 3.63) is 30.3 Å². The van der Waals surface area contributed by atoms with Crippen LogP contribution in [0.15, 0.2) is 30.3 Å². The molecule has 0 aliphatic heterocycles. The van der Waals surface area contributed by atoms with Gasteiger partial charge < -0.3 is 5.11 Å². The van der Waals surface area contributed by atoms with E-state index in [-0.39, 0.29) is 12.4 Å². The Kier molecular flexibility index (Phi) is 10.6. The summed E-state index contributed by atoms with van der Waals surface area (Å²) >= 11 is 3.81. The Hall–Kier alpha value is -0.890. The molecule has 4 heteroatoms. The van der Waals surface area contributed by atoms with Crippen molar-refractivity contribution in [2.24, 2.45) is 0 Å². The molecule has 2 N–H and O–H groups in total. The highest BCUT2D eigenvalue weighted by Crippen LogP contribution is 2.02. The van der Waals surface area contributed by atoms with E-state index in [0.29, 0.717) is 5.75 Å². The third-order valence-corrected chi connectivity index (χ3v) is 0.756. The number of isothiocyanates is 1. The second-order valence-corrected chi connectivity index (χ2v) is 1.64. The van der Waals surface area contributed by atoms with Crippen LogP contribution in [0.5, 0.6) is 5.75 Å². The fourth-order valence-electron chi connectivity index (χ4n) is 0.428. The van der Waals surface area contributed by atoms with Crippen molar-refractivity contribution in [2.45, 2.75) is 0 Å². The summed E-state index contributed by atoms with van der Waals surface area (Å²) in [5.74, 6) is 0.322. The molecular weight excluding hydrogens is 182 g/mol. The number of rotatable bonds is 0. The van der Waals surface area contributed by atoms with Crippen LogP contribution in [-0.4, -0.2) is 10.3 Å². The van der Waals surface area contributed by atoms with Crippen LogP contribution in [0.1, 0.15) is 0 Å². The van der Waals surface area contributed by atoms with Crippen LogP contribution >= 0.6 is 24.6 Å². The predicted molar refractivity (Wildman–Crippen MR) is 50.7 cm³/mol. The molecule has 0 fully saturated rings. The van der Waals surface area contributed by atoms with Crippen LogP contribution < -0.4 is 0 Å². The largest absolute Gasteiger partial charge is 0.508 e. The fraction of sp³-hybridized carbons (Fsp3) is 0. The number of nitrogens with one attached hydrogen (secondary N) is 1. The number of hydrogen-bond acceptors (Lipinski definition) is 3. The van der Waals surface area contributed by atoms with E-state index in [1.807, 2.05) is 6.07 Å². The fourth-order valence-corrected chi connectivity index (χ4v) is 0.428. The molecule has 11 heavy (non-hydrogen) atoms. The van der Waals surface area contributed by atoms with E-state index in [1.54, 1.807) is 29.4 Å². The molecule has 0 unspecified atom stereocenters. The monoisotopic (exact) mass is 189 g/mol. The lowest BCUT2D eigenvalue weighted by Crippen LogP contribution is -1.56. The molecule has 1 aromatic carbocycles. The van der Waals surface area contributed by atoms with Gasteiger partial charge in [-0.15, -0.1) is 12.4 Å². The van der Waals surface area contributed by atoms with E-state index in [1.165, 1.54) is 0 Å². The van der Waals surface area contributed by atoms with Crippen molar-refractivity contribution < 1.29 is 5.11 Å². The number of para-hydroxylation sites is 1. The Labute approximate surface area is 76.8 Å². The first-order chi connectivity index (χ1) is 4.81. The number of aromatic hydroxyl groups is 1. The van der Waals surface area contributed by atoms with E-state index in [2.05, 4.69) is 12.2 Å². The van der Waals surface area contributed by atoms with E-state index in [0.717, 1.165) is 0 Å². The molecule has 0 spiro atoms. The lowest BCUT2D eigenvalue weighted by atomic mass is 10.3. The molecule has 0 atom stereocenters. The lowest BCUT2D eigenvalue weighted by Gasteiger charge is -1.82. The second-order valence-electron chi connectivity index (χ2n) is 1.44. The molecule has 0 saturated carbocycles. The van der Waals surface area contributed by atoms with Gasteiger partial charge in [0, 0.05) is 0 Å². The van der Waals surface area contributed by atoms with Gasteiger partial charge in [-0.25, -0.2) is 5.41 Å². The van der Waals surface area contributed by atoms with Crippen molar-refractivity contribution in [3.63, 3.8) is 0 Å². The average Bonchev–Trinajstić information content (AvgIpc) is 1.91. The quantitative estimate of drug-likeness (QED) is 0.487. The highest BCUT2D eigenvalue weighted by molar-refractivity contribution is 7.78. The first kappa shape index (κ1) is 12.8. The normalized spacial score (nSPS) is 6.18. The average molecular weight is 190 g/mol. The van der Waals surface area contributed by atoms with Crippen LogP contribution in [-0.2, 0) is 0 Å². The van der Waals surface area contributed by atoms with Gasteiger partial charge in [-0.2, -0.15) is 0 Å². The highest BCUT2D eigenvalue weighted by atomic mass is 35.5. The minimum Gasteiger partial charge on any atom is -0.508 e. The maximum absolute atomic E-state index is 8.63. The molecule has 0 aliphatic rings. The zero-order valence-electron chi connectivity index (χ0n) is 5.65. The van der Waals surface area contributed by atoms with E-state index in [4.69, 9.17) is 10.5 Å². The van der Waals surface area contributed by atoms with Crippen LogP contribution in [0.2, 0.25) is 0 Å². The Morgan fingerprint density at radius 3 is 1.82 bits per heavy atom. The standard InChI is InChI=1S/C6H6O.CHNS.ClH/c7-6-4-2-1-3-5-6;2-1-3;/h1-5,7H;2H;1H. The molecule has 0 amide bonds. The summed E-state index contributed by atoms with van der Waals surface area (Å²) in [6.45, 7) is 0. The minimum absolute atomic E-state index is 0. The van der Waals surface area contributed by atoms with Gasteiger partial charge in [-0.05, 0) is 24.4 Å². The molecular formula is C7H8ClNOS. The van der Waals surface area contributed by atoms with Crippen molar-refractivity contribution in [3.8, 4) is 5.75 Å². The Morgan fingerprint density at radius 1 is 1.27 bits per heavy atom. The summed E-state index contributed by atoms with van der Waals surface area (Å²) in [5.41, 5.74) is 0. The maximum atomic E-state index is 8.63. The summed E-state index contributed by atoms with van der Waals surface area (Å²) < 4.78 is 0. The topological polar surface area (TPSA) is 44.1 Å². The molecule has 0 saturated heterocycles. The molecule has 0 bridgehead atoms. The third-order valence-electron chi connectivity index (χ3n) is 0.756. The Bertz CT molecular complexity index is 209. The molecule has 0 heterocycles. The summed E-state index contributed by atoms with van der Waals surface area (Å²) in [6, 6.07) is 8.71. The lowest BCUT2D eigenvalue weighted by molar-refractivity contribution is 0.475. The van der Waals surface area contributed by atoms with Crippen molar-refractivity contribution in [1.29, 1.82) is 5.41 Å². The third kappa shape index (κ3) is 9.11. The summed E-state index contributed by atoms with van der Waals surface area (Å²) in [5, 5.41) is 16.0. The maximum Gasteiger partial charge on any atom is 0.115 e. The Morgan fingerprint density at radius 2 is 1.64 bits per heavy atom. The number of thiocarbonyl (C=S) groups is 1. The Balaban J connectivity index is 0. The van der Waals surface area contributed by atoms with Gasteiger partial charge in [0.25, 0.3) is 0 Å². The molecule has 1 rings (SSSR count). The van der Waals surface area contributed by atoms with Gasteiger partial charge in [-0.1, -0.05) is 18.2 Å². The molecule has 1 aromatic rings. The van der Waals surface area contributed by atoms with Crippen LogP contribution in [0.3, 0.4) is 0 Å². The van der Waals surface area contributed by atoms with E-state index in [9.17, 15) is 0 Å². The molecule has 60 valence electrons. The van der Waals surface area contributed by atoms with Crippen LogP contribution in [0, 0.1) is 5.41 Å². The number of phenolic OH excluding ortho intramolecular Hbond substituents is 1. The number of halogens is 1. The van der Waals surface area contributed by atoms with Crippen molar-refractivity contribution in [1.82, 2.24) is 0 Å². The zero-order chi connectivity index (χ0) is 7.82. The smallest absolute Gasteiger partial charge is 0.115 e.